The Balaban J connectivity index is 4.68. The van der Waals surface area contributed by atoms with Gasteiger partial charge in [-0.15, -0.1) is 12.8 Å². The Morgan fingerprint density at radius 1 is 1.16 bits per heavy atom. The highest BCUT2D eigenvalue weighted by molar-refractivity contribution is 7.38. The van der Waals surface area contributed by atoms with Crippen molar-refractivity contribution in [3.05, 3.63) is 0 Å². The second-order valence-electron chi connectivity index (χ2n) is 2.93. The first-order valence-electron chi connectivity index (χ1n) is 4.95. The lowest BCUT2D eigenvalue weighted by Crippen LogP contribution is -2.35. The minimum absolute atomic E-state index is 0.258. The van der Waals surface area contributed by atoms with Crippen LogP contribution in [0, 0.1) is 24.7 Å². The predicted molar refractivity (Wildman–Crippen MR) is 65.3 cm³/mol. The number of rotatable bonds is 8. The van der Waals surface area contributed by atoms with Gasteiger partial charge >= 0.3 is 11.9 Å². The molecule has 0 aliphatic rings. The molecule has 19 heavy (non-hydrogen) atoms. The van der Waals surface area contributed by atoms with Crippen LogP contribution in [0.1, 0.15) is 0 Å². The number of hydrogen-bond donors (Lipinski definition) is 0. The normalized spacial score (nSPS) is 11.2. The number of ether oxygens (including phenoxy) is 3. The first kappa shape index (κ1) is 17.2. The first-order chi connectivity index (χ1) is 9.06. The summed E-state index contributed by atoms with van der Waals surface area (Å²) < 4.78 is 29.7. The average molecular weight is 288 g/mol. The Morgan fingerprint density at radius 2 is 1.63 bits per heavy atom. The summed E-state index contributed by atoms with van der Waals surface area (Å²) in [4.78, 5) is 23.0. The number of carbonyl (C=O) groups is 2. The van der Waals surface area contributed by atoms with E-state index in [0.29, 0.717) is 0 Å². The second-order valence-corrected chi connectivity index (χ2v) is 4.19. The Kier molecular flexibility index (Phi) is 9.20. The molecule has 8 heteroatoms. The van der Waals surface area contributed by atoms with Gasteiger partial charge in [0.2, 0.25) is 8.03 Å². The molecule has 0 bridgehead atoms. The van der Waals surface area contributed by atoms with Crippen LogP contribution in [0.15, 0.2) is 0 Å². The van der Waals surface area contributed by atoms with E-state index in [9.17, 15) is 14.2 Å². The summed E-state index contributed by atoms with van der Waals surface area (Å²) in [5.41, 5.74) is 0. The number of methoxy groups -OCH3 is 1. The van der Waals surface area contributed by atoms with E-state index in [2.05, 4.69) is 14.2 Å². The van der Waals surface area contributed by atoms with Crippen LogP contribution in [-0.4, -0.2) is 44.7 Å². The zero-order valence-corrected chi connectivity index (χ0v) is 11.2. The molecule has 0 rings (SSSR count). The van der Waals surface area contributed by atoms with Gasteiger partial charge in [0.1, 0.15) is 6.35 Å². The van der Waals surface area contributed by atoms with Crippen molar-refractivity contribution in [3.8, 4) is 24.7 Å². The van der Waals surface area contributed by atoms with Crippen LogP contribution in [0.2, 0.25) is 0 Å². The summed E-state index contributed by atoms with van der Waals surface area (Å²) in [6.45, 7) is -0.710. The molecule has 0 heterocycles. The molecule has 1 unspecified atom stereocenters. The number of esters is 2. The monoisotopic (exact) mass is 288 g/mol. The molecule has 0 saturated heterocycles. The first-order valence-corrected chi connectivity index (χ1v) is 6.47. The molecule has 0 aromatic heterocycles. The minimum Gasteiger partial charge on any atom is -0.450 e. The fraction of sp³-hybridized carbons (Fsp3) is 0.455. The van der Waals surface area contributed by atoms with Gasteiger partial charge in [-0.2, -0.15) is 0 Å². The van der Waals surface area contributed by atoms with Gasteiger partial charge in [-0.3, -0.25) is 4.57 Å². The van der Waals surface area contributed by atoms with E-state index in [0.717, 1.165) is 0 Å². The van der Waals surface area contributed by atoms with Crippen LogP contribution >= 0.6 is 8.03 Å². The molecule has 0 spiro atoms. The third kappa shape index (κ3) is 7.28. The minimum atomic E-state index is -2.75. The van der Waals surface area contributed by atoms with Crippen molar-refractivity contribution in [3.63, 3.8) is 0 Å². The molecule has 0 aromatic carbocycles. The zero-order chi connectivity index (χ0) is 14.7. The summed E-state index contributed by atoms with van der Waals surface area (Å²) in [5.74, 6) is 1.87. The molecule has 0 amide bonds. The fourth-order valence-corrected chi connectivity index (χ4v) is 1.61. The van der Waals surface area contributed by atoms with E-state index >= 15 is 0 Å². The highest BCUT2D eigenvalue weighted by Gasteiger charge is 2.32. The Labute approximate surface area is 111 Å². The molecular formula is C11H13O7P. The van der Waals surface area contributed by atoms with Crippen LogP contribution in [0.25, 0.3) is 0 Å². The van der Waals surface area contributed by atoms with Gasteiger partial charge in [0.05, 0.1) is 0 Å². The van der Waals surface area contributed by atoms with Crippen molar-refractivity contribution in [1.82, 2.24) is 0 Å². The van der Waals surface area contributed by atoms with Crippen molar-refractivity contribution >= 4 is 20.0 Å². The van der Waals surface area contributed by atoms with Gasteiger partial charge in [0.15, 0.2) is 13.2 Å². The molecule has 0 aliphatic carbocycles. The molecule has 0 fully saturated rings. The molecule has 0 saturated carbocycles. The van der Waals surface area contributed by atoms with Crippen LogP contribution in [0.3, 0.4) is 0 Å². The lowest BCUT2D eigenvalue weighted by atomic mass is 10.4. The molecule has 0 radical (unpaired) electrons. The van der Waals surface area contributed by atoms with Gasteiger partial charge in [-0.1, -0.05) is 11.8 Å². The van der Waals surface area contributed by atoms with Crippen LogP contribution in [0.5, 0.6) is 0 Å². The number of hydrogen-bond acceptors (Lipinski definition) is 7. The lowest BCUT2D eigenvalue weighted by Gasteiger charge is -2.14. The van der Waals surface area contributed by atoms with Gasteiger partial charge in [-0.25, -0.2) is 9.59 Å². The van der Waals surface area contributed by atoms with E-state index in [1.807, 2.05) is 11.8 Å². The predicted octanol–water partition coefficient (Wildman–Crippen LogP) is -0.197. The van der Waals surface area contributed by atoms with Crippen molar-refractivity contribution in [2.45, 2.75) is 6.10 Å². The van der Waals surface area contributed by atoms with E-state index in [1.165, 1.54) is 7.11 Å². The third-order valence-electron chi connectivity index (χ3n) is 1.54. The van der Waals surface area contributed by atoms with Crippen LogP contribution in [-0.2, 0) is 32.9 Å². The standard InChI is InChI=1S/C11H13O7P/c1-4-6-16-10(12)9(11(13)17-7-5-2)18-19(14)8-15-3/h1-2,9,19H,6-8H2,3H3. The van der Waals surface area contributed by atoms with Crippen molar-refractivity contribution in [1.29, 1.82) is 0 Å². The Hall–Kier alpha value is -1.79. The highest BCUT2D eigenvalue weighted by Crippen LogP contribution is 2.25. The van der Waals surface area contributed by atoms with Crippen molar-refractivity contribution < 1.29 is 32.9 Å². The zero-order valence-electron chi connectivity index (χ0n) is 10.2. The van der Waals surface area contributed by atoms with Gasteiger partial charge < -0.3 is 18.7 Å². The van der Waals surface area contributed by atoms with E-state index in [1.54, 1.807) is 0 Å². The summed E-state index contributed by atoms with van der Waals surface area (Å²) in [6, 6.07) is 0. The van der Waals surface area contributed by atoms with E-state index < -0.39 is 26.1 Å². The van der Waals surface area contributed by atoms with Crippen molar-refractivity contribution in [2.24, 2.45) is 0 Å². The van der Waals surface area contributed by atoms with Gasteiger partial charge in [0.25, 0.3) is 6.10 Å². The molecule has 104 valence electrons. The molecular weight excluding hydrogens is 275 g/mol. The number of terminal acetylenes is 2. The quantitative estimate of drug-likeness (QED) is 0.264. The molecule has 0 N–H and O–H groups in total. The largest absolute Gasteiger partial charge is 0.450 e. The summed E-state index contributed by atoms with van der Waals surface area (Å²) in [7, 11) is -1.47. The van der Waals surface area contributed by atoms with Crippen LogP contribution < -0.4 is 0 Å². The molecule has 0 aromatic rings. The van der Waals surface area contributed by atoms with E-state index in [4.69, 9.17) is 17.4 Å². The highest BCUT2D eigenvalue weighted by atomic mass is 31.1. The van der Waals surface area contributed by atoms with Gasteiger partial charge in [0, 0.05) is 7.11 Å². The maximum atomic E-state index is 11.5. The average Bonchev–Trinajstić information content (AvgIpc) is 2.39. The topological polar surface area (TPSA) is 88.1 Å². The second kappa shape index (κ2) is 10.2. The lowest BCUT2D eigenvalue weighted by molar-refractivity contribution is -0.164. The van der Waals surface area contributed by atoms with Crippen LogP contribution in [0.4, 0.5) is 0 Å². The van der Waals surface area contributed by atoms with Crippen molar-refractivity contribution in [2.75, 3.05) is 26.7 Å². The molecule has 1 atom stereocenters. The Bertz CT molecular complexity index is 388. The smallest absolute Gasteiger partial charge is 0.348 e. The molecule has 0 aliphatic heterocycles. The summed E-state index contributed by atoms with van der Waals surface area (Å²) >= 11 is 0. The Morgan fingerprint density at radius 3 is 2.00 bits per heavy atom. The summed E-state index contributed by atoms with van der Waals surface area (Å²) in [5, 5.41) is 0. The maximum Gasteiger partial charge on any atom is 0.348 e. The fourth-order valence-electron chi connectivity index (χ4n) is 0.853. The third-order valence-corrected chi connectivity index (χ3v) is 2.56. The maximum absolute atomic E-state index is 11.5. The summed E-state index contributed by atoms with van der Waals surface area (Å²) in [6.07, 6.45) is 7.73. The van der Waals surface area contributed by atoms with E-state index in [-0.39, 0.29) is 19.6 Å². The van der Waals surface area contributed by atoms with Gasteiger partial charge in [-0.05, 0) is 0 Å². The SMILES string of the molecule is C#CCOC(=O)C(O[PH](=O)COC)C(=O)OCC#C. The molecule has 7 nitrogen and oxygen atoms in total. The number of carbonyl (C=O) groups excluding carboxylic acids is 2.